The second kappa shape index (κ2) is 8.55. The molecule has 0 aliphatic carbocycles. The quantitative estimate of drug-likeness (QED) is 0.490. The predicted molar refractivity (Wildman–Crippen MR) is 82.5 cm³/mol. The number of rotatable bonds is 3. The summed E-state index contributed by atoms with van der Waals surface area (Å²) in [7, 11) is 0. The van der Waals surface area contributed by atoms with Gasteiger partial charge in [-0.1, -0.05) is 51.7 Å². The van der Waals surface area contributed by atoms with Gasteiger partial charge in [0.2, 0.25) is 0 Å². The highest BCUT2D eigenvalue weighted by molar-refractivity contribution is 5.33. The smallest absolute Gasteiger partial charge is 0.0359 e. The normalized spacial score (nSPS) is 10.2. The Hall–Kier alpha value is -0.520. The topological polar surface area (TPSA) is 0 Å². The van der Waals surface area contributed by atoms with E-state index in [2.05, 4.69) is 69.2 Å². The highest BCUT2D eigenvalue weighted by Crippen LogP contribution is 2.22. The zero-order valence-corrected chi connectivity index (χ0v) is 13.9. The Morgan fingerprint density at radius 2 is 0.882 bits per heavy atom. The van der Waals surface area contributed by atoms with Crippen molar-refractivity contribution >= 4 is 0 Å². The Morgan fingerprint density at radius 1 is 0.647 bits per heavy atom. The molecule has 0 aromatic heterocycles. The number of allylic oxidation sites excluding steroid dienone is 4. The van der Waals surface area contributed by atoms with Gasteiger partial charge in [0.1, 0.15) is 0 Å². The van der Waals surface area contributed by atoms with E-state index in [0.717, 1.165) is 0 Å². The van der Waals surface area contributed by atoms with E-state index < -0.39 is 0 Å². The van der Waals surface area contributed by atoms with E-state index in [1.54, 1.807) is 0 Å². The minimum absolute atomic E-state index is 0.583. The van der Waals surface area contributed by atoms with Gasteiger partial charge in [0.15, 0.2) is 0 Å². The van der Waals surface area contributed by atoms with Gasteiger partial charge in [-0.25, -0.2) is 0 Å². The summed E-state index contributed by atoms with van der Waals surface area (Å²) in [6, 6.07) is 0. The third-order valence-electron chi connectivity index (χ3n) is 3.98. The first kappa shape index (κ1) is 18.8. The zero-order valence-electron chi connectivity index (χ0n) is 13.9. The molecule has 0 heterocycles. The molecule has 0 aliphatic rings. The third-order valence-corrected chi connectivity index (χ3v) is 3.98. The summed E-state index contributed by atoms with van der Waals surface area (Å²) >= 11 is 0. The van der Waals surface area contributed by atoms with Crippen LogP contribution in [-0.4, -0.2) is 0 Å². The third kappa shape index (κ3) is 9.21. The van der Waals surface area contributed by atoms with E-state index in [-0.39, 0.29) is 0 Å². The van der Waals surface area contributed by atoms with Crippen molar-refractivity contribution in [2.45, 2.75) is 82.1 Å². The summed E-state index contributed by atoms with van der Waals surface area (Å²) < 4.78 is 0. The van der Waals surface area contributed by atoms with Crippen molar-refractivity contribution in [1.82, 2.24) is 0 Å². The summed E-state index contributed by atoms with van der Waals surface area (Å²) in [4.78, 5) is 0. The molecule has 0 fully saturated rings. The van der Waals surface area contributed by atoms with Crippen LogP contribution in [0.2, 0.25) is 0 Å². The molecule has 0 aromatic carbocycles. The SMILES string of the molecule is CC(C)=C(C)C(C)=C(C)C.CCC(C)(C)CC. The van der Waals surface area contributed by atoms with Gasteiger partial charge in [-0.3, -0.25) is 0 Å². The lowest BCUT2D eigenvalue weighted by Crippen LogP contribution is -2.05. The maximum Gasteiger partial charge on any atom is -0.0359 e. The maximum absolute atomic E-state index is 2.30. The lowest BCUT2D eigenvalue weighted by atomic mass is 9.88. The van der Waals surface area contributed by atoms with Gasteiger partial charge in [0, 0.05) is 0 Å². The molecule has 0 bridgehead atoms. The van der Waals surface area contributed by atoms with Gasteiger partial charge in [0.05, 0.1) is 0 Å². The van der Waals surface area contributed by atoms with E-state index in [9.17, 15) is 0 Å². The molecule has 0 saturated heterocycles. The minimum Gasteiger partial charge on any atom is -0.0732 e. The summed E-state index contributed by atoms with van der Waals surface area (Å²) in [6.45, 7) is 22.1. The highest BCUT2D eigenvalue weighted by atomic mass is 14.1. The Balaban J connectivity index is 0. The average molecular weight is 238 g/mol. The summed E-state index contributed by atoms with van der Waals surface area (Å²) in [6.07, 6.45) is 2.59. The standard InChI is InChI=1S/C10H18.C7H16/c1-7(2)9(5)10(6)8(3)4;1-5-7(3,4)6-2/h1-6H3;5-6H2,1-4H3. The maximum atomic E-state index is 2.30. The Kier molecular flexibility index (Phi) is 9.48. The molecule has 0 unspecified atom stereocenters. The van der Waals surface area contributed by atoms with Crippen molar-refractivity contribution in [1.29, 1.82) is 0 Å². The Labute approximate surface area is 110 Å². The molecule has 0 aromatic rings. The van der Waals surface area contributed by atoms with E-state index in [1.807, 2.05) is 0 Å². The lowest BCUT2D eigenvalue weighted by molar-refractivity contribution is 0.338. The first-order valence-corrected chi connectivity index (χ1v) is 6.87. The highest BCUT2D eigenvalue weighted by Gasteiger charge is 2.09. The zero-order chi connectivity index (χ0) is 14.2. The number of hydrogen-bond acceptors (Lipinski definition) is 0. The minimum atomic E-state index is 0.583. The largest absolute Gasteiger partial charge is 0.0732 e. The van der Waals surface area contributed by atoms with Crippen LogP contribution in [0.1, 0.15) is 82.1 Å². The van der Waals surface area contributed by atoms with Crippen LogP contribution < -0.4 is 0 Å². The molecule has 0 rings (SSSR count). The van der Waals surface area contributed by atoms with Crippen molar-refractivity contribution in [2.24, 2.45) is 5.41 Å². The molecule has 0 atom stereocenters. The molecule has 0 spiro atoms. The van der Waals surface area contributed by atoms with Crippen LogP contribution in [0.5, 0.6) is 0 Å². The molecule has 0 radical (unpaired) electrons. The molecular formula is C17H34. The first-order valence-electron chi connectivity index (χ1n) is 6.87. The summed E-state index contributed by atoms with van der Waals surface area (Å²) in [5.41, 5.74) is 6.28. The van der Waals surface area contributed by atoms with Gasteiger partial charge in [0.25, 0.3) is 0 Å². The van der Waals surface area contributed by atoms with Gasteiger partial charge in [-0.05, 0) is 58.1 Å². The van der Waals surface area contributed by atoms with Gasteiger partial charge >= 0.3 is 0 Å². The van der Waals surface area contributed by atoms with E-state index >= 15 is 0 Å². The molecule has 0 saturated carbocycles. The van der Waals surface area contributed by atoms with Crippen LogP contribution in [0.15, 0.2) is 22.3 Å². The van der Waals surface area contributed by atoms with Crippen molar-refractivity contribution in [2.75, 3.05) is 0 Å². The van der Waals surface area contributed by atoms with Crippen LogP contribution in [0, 0.1) is 5.41 Å². The van der Waals surface area contributed by atoms with Gasteiger partial charge < -0.3 is 0 Å². The molecule has 0 aliphatic heterocycles. The molecule has 102 valence electrons. The van der Waals surface area contributed by atoms with E-state index in [4.69, 9.17) is 0 Å². The fourth-order valence-corrected chi connectivity index (χ4v) is 1.00. The van der Waals surface area contributed by atoms with Crippen LogP contribution in [-0.2, 0) is 0 Å². The molecular weight excluding hydrogens is 204 g/mol. The van der Waals surface area contributed by atoms with Crippen LogP contribution in [0.4, 0.5) is 0 Å². The second-order valence-electron chi connectivity index (χ2n) is 6.12. The summed E-state index contributed by atoms with van der Waals surface area (Å²) in [5.74, 6) is 0. The van der Waals surface area contributed by atoms with Crippen LogP contribution in [0.3, 0.4) is 0 Å². The predicted octanol–water partition coefficient (Wildman–Crippen LogP) is 6.53. The molecule has 0 N–H and O–H groups in total. The Morgan fingerprint density at radius 3 is 0.941 bits per heavy atom. The van der Waals surface area contributed by atoms with E-state index in [1.165, 1.54) is 35.1 Å². The van der Waals surface area contributed by atoms with E-state index in [0.29, 0.717) is 5.41 Å². The first-order chi connectivity index (χ1) is 7.59. The summed E-state index contributed by atoms with van der Waals surface area (Å²) in [5, 5.41) is 0. The van der Waals surface area contributed by atoms with Crippen LogP contribution >= 0.6 is 0 Å². The van der Waals surface area contributed by atoms with Crippen LogP contribution in [0.25, 0.3) is 0 Å². The Bertz CT molecular complexity index is 238. The van der Waals surface area contributed by atoms with Crippen molar-refractivity contribution in [3.63, 3.8) is 0 Å². The van der Waals surface area contributed by atoms with Crippen molar-refractivity contribution in [3.8, 4) is 0 Å². The van der Waals surface area contributed by atoms with Crippen molar-refractivity contribution in [3.05, 3.63) is 22.3 Å². The van der Waals surface area contributed by atoms with Gasteiger partial charge in [-0.15, -0.1) is 0 Å². The monoisotopic (exact) mass is 238 g/mol. The fraction of sp³-hybridized carbons (Fsp3) is 0.765. The second-order valence-corrected chi connectivity index (χ2v) is 6.12. The van der Waals surface area contributed by atoms with Gasteiger partial charge in [-0.2, -0.15) is 0 Å². The molecule has 17 heavy (non-hydrogen) atoms. The lowest BCUT2D eigenvalue weighted by Gasteiger charge is -2.18. The molecule has 0 nitrogen and oxygen atoms in total. The average Bonchev–Trinajstić information content (AvgIpc) is 2.27. The van der Waals surface area contributed by atoms with Crippen molar-refractivity contribution < 1.29 is 0 Å². The molecule has 0 heteroatoms. The fourth-order valence-electron chi connectivity index (χ4n) is 1.00. The number of hydrogen-bond donors (Lipinski definition) is 0. The molecule has 0 amide bonds.